The summed E-state index contributed by atoms with van der Waals surface area (Å²) < 4.78 is 19.8. The van der Waals surface area contributed by atoms with Crippen LogP contribution in [0.1, 0.15) is 25.3 Å². The second-order valence-corrected chi connectivity index (χ2v) is 5.48. The van der Waals surface area contributed by atoms with Gasteiger partial charge in [0.15, 0.2) is 0 Å². The topological polar surface area (TPSA) is 21.3 Å². The van der Waals surface area contributed by atoms with E-state index >= 15 is 0 Å². The van der Waals surface area contributed by atoms with Crippen molar-refractivity contribution in [2.24, 2.45) is 5.92 Å². The second-order valence-electron chi connectivity index (χ2n) is 5.07. The molecule has 2 unspecified atom stereocenters. The highest BCUT2D eigenvalue weighted by Crippen LogP contribution is 2.36. The molecule has 0 saturated heterocycles. The number of likely N-dealkylation sites (N-methyl/N-ethyl adjacent to an activating group) is 1. The predicted octanol–water partition coefficient (Wildman–Crippen LogP) is 3.42. The molecule has 1 N–H and O–H groups in total. The average molecular weight is 286 g/mol. The summed E-state index contributed by atoms with van der Waals surface area (Å²) in [5.41, 5.74) is 0.650. The molecule has 0 bridgehead atoms. The Labute approximate surface area is 119 Å². The van der Waals surface area contributed by atoms with Gasteiger partial charge in [-0.25, -0.2) is 4.39 Å². The zero-order chi connectivity index (χ0) is 13.8. The quantitative estimate of drug-likeness (QED) is 0.829. The van der Waals surface area contributed by atoms with Crippen molar-refractivity contribution in [3.8, 4) is 0 Å². The lowest BCUT2D eigenvalue weighted by Crippen LogP contribution is -2.42. The summed E-state index contributed by atoms with van der Waals surface area (Å²) in [5.74, 6) is 0.301. The molecule has 19 heavy (non-hydrogen) atoms. The summed E-state index contributed by atoms with van der Waals surface area (Å²) in [4.78, 5) is 0. The molecule has 1 aliphatic carbocycles. The van der Waals surface area contributed by atoms with Crippen molar-refractivity contribution in [3.63, 3.8) is 0 Å². The number of ether oxygens (including phenoxy) is 1. The van der Waals surface area contributed by atoms with E-state index in [1.807, 2.05) is 14.0 Å². The lowest BCUT2D eigenvalue weighted by molar-refractivity contribution is 0.0209. The summed E-state index contributed by atoms with van der Waals surface area (Å²) >= 11 is 5.83. The number of halogens is 2. The molecule has 4 heteroatoms. The Bertz CT molecular complexity index is 423. The van der Waals surface area contributed by atoms with Crippen molar-refractivity contribution < 1.29 is 9.13 Å². The minimum atomic E-state index is -0.310. The molecule has 2 rings (SSSR count). The van der Waals surface area contributed by atoms with E-state index in [0.717, 1.165) is 0 Å². The third-order valence-electron chi connectivity index (χ3n) is 3.68. The van der Waals surface area contributed by atoms with Crippen molar-refractivity contribution in [1.82, 2.24) is 5.32 Å². The van der Waals surface area contributed by atoms with Gasteiger partial charge in [0.05, 0.1) is 11.1 Å². The third-order valence-corrected chi connectivity index (χ3v) is 3.98. The maximum atomic E-state index is 14.0. The van der Waals surface area contributed by atoms with E-state index in [2.05, 4.69) is 5.32 Å². The summed E-state index contributed by atoms with van der Waals surface area (Å²) in [6, 6.07) is 5.29. The van der Waals surface area contributed by atoms with Crippen LogP contribution in [-0.2, 0) is 11.2 Å². The summed E-state index contributed by atoms with van der Waals surface area (Å²) in [6.07, 6.45) is 3.18. The standard InChI is InChI=1S/C15H21ClFNO/c1-3-19-15(10-7-8-10)13(18-2)9-11-5-4-6-12(16)14(11)17/h4-6,10,13,15,18H,3,7-9H2,1-2H3. The van der Waals surface area contributed by atoms with Gasteiger partial charge in [-0.1, -0.05) is 23.7 Å². The van der Waals surface area contributed by atoms with E-state index in [0.29, 0.717) is 24.5 Å². The lowest BCUT2D eigenvalue weighted by Gasteiger charge is -2.27. The molecule has 0 amide bonds. The van der Waals surface area contributed by atoms with Crippen LogP contribution in [0.15, 0.2) is 18.2 Å². The maximum absolute atomic E-state index is 14.0. The normalized spacial score (nSPS) is 18.3. The molecule has 1 aromatic rings. The first-order valence-corrected chi connectivity index (χ1v) is 7.27. The molecule has 1 aliphatic rings. The molecule has 2 nitrogen and oxygen atoms in total. The van der Waals surface area contributed by atoms with Crippen LogP contribution in [0.2, 0.25) is 5.02 Å². The zero-order valence-electron chi connectivity index (χ0n) is 11.5. The fourth-order valence-electron chi connectivity index (χ4n) is 2.52. The van der Waals surface area contributed by atoms with E-state index in [1.54, 1.807) is 18.2 Å². The molecule has 1 fully saturated rings. The maximum Gasteiger partial charge on any atom is 0.145 e. The van der Waals surface area contributed by atoms with Gasteiger partial charge in [-0.3, -0.25) is 0 Å². The van der Waals surface area contributed by atoms with Crippen LogP contribution in [-0.4, -0.2) is 25.8 Å². The SMILES string of the molecule is CCOC(C1CC1)C(Cc1cccc(Cl)c1F)NC. The number of rotatable bonds is 7. The van der Waals surface area contributed by atoms with Gasteiger partial charge in [0.25, 0.3) is 0 Å². The lowest BCUT2D eigenvalue weighted by atomic mass is 9.98. The first kappa shape index (κ1) is 14.8. The molecule has 1 aromatic carbocycles. The molecule has 0 aromatic heterocycles. The van der Waals surface area contributed by atoms with Crippen LogP contribution >= 0.6 is 11.6 Å². The molecule has 106 valence electrons. The number of benzene rings is 1. The highest BCUT2D eigenvalue weighted by atomic mass is 35.5. The summed E-state index contributed by atoms with van der Waals surface area (Å²) in [7, 11) is 1.90. The second kappa shape index (κ2) is 6.69. The van der Waals surface area contributed by atoms with Crippen molar-refractivity contribution in [3.05, 3.63) is 34.6 Å². The molecule has 0 radical (unpaired) electrons. The molecule has 0 aliphatic heterocycles. The van der Waals surface area contributed by atoms with E-state index in [4.69, 9.17) is 16.3 Å². The van der Waals surface area contributed by atoms with Crippen LogP contribution in [0.3, 0.4) is 0 Å². The molecule has 0 spiro atoms. The zero-order valence-corrected chi connectivity index (χ0v) is 12.2. The van der Waals surface area contributed by atoms with Crippen molar-refractivity contribution >= 4 is 11.6 Å². The van der Waals surface area contributed by atoms with Gasteiger partial charge < -0.3 is 10.1 Å². The Balaban J connectivity index is 2.10. The third kappa shape index (κ3) is 3.68. The minimum Gasteiger partial charge on any atom is -0.377 e. The highest BCUT2D eigenvalue weighted by Gasteiger charge is 2.36. The molecule has 1 saturated carbocycles. The van der Waals surface area contributed by atoms with Crippen molar-refractivity contribution in [2.75, 3.05) is 13.7 Å². The Morgan fingerprint density at radius 1 is 1.47 bits per heavy atom. The van der Waals surface area contributed by atoms with Crippen LogP contribution in [0.25, 0.3) is 0 Å². The van der Waals surface area contributed by atoms with Crippen molar-refractivity contribution in [1.29, 1.82) is 0 Å². The Morgan fingerprint density at radius 2 is 2.21 bits per heavy atom. The van der Waals surface area contributed by atoms with Gasteiger partial charge in [0.2, 0.25) is 0 Å². The minimum absolute atomic E-state index is 0.125. The Hall–Kier alpha value is -0.640. The summed E-state index contributed by atoms with van der Waals surface area (Å²) in [6.45, 7) is 2.69. The first-order valence-electron chi connectivity index (χ1n) is 6.89. The van der Waals surface area contributed by atoms with E-state index in [9.17, 15) is 4.39 Å². The van der Waals surface area contributed by atoms with Gasteiger partial charge in [0.1, 0.15) is 5.82 Å². The highest BCUT2D eigenvalue weighted by molar-refractivity contribution is 6.30. The van der Waals surface area contributed by atoms with Crippen LogP contribution in [0, 0.1) is 11.7 Å². The largest absolute Gasteiger partial charge is 0.377 e. The van der Waals surface area contributed by atoms with Gasteiger partial charge in [0, 0.05) is 12.6 Å². The number of hydrogen-bond donors (Lipinski definition) is 1. The molecular formula is C15H21ClFNO. The fourth-order valence-corrected chi connectivity index (χ4v) is 2.72. The smallest absolute Gasteiger partial charge is 0.145 e. The molecular weight excluding hydrogens is 265 g/mol. The van der Waals surface area contributed by atoms with Gasteiger partial charge in [-0.15, -0.1) is 0 Å². The van der Waals surface area contributed by atoms with Crippen LogP contribution in [0.5, 0.6) is 0 Å². The number of nitrogens with one attached hydrogen (secondary N) is 1. The van der Waals surface area contributed by atoms with E-state index < -0.39 is 0 Å². The average Bonchev–Trinajstić information content (AvgIpc) is 3.23. The van der Waals surface area contributed by atoms with Crippen LogP contribution in [0.4, 0.5) is 4.39 Å². The fraction of sp³-hybridized carbons (Fsp3) is 0.600. The first-order chi connectivity index (χ1) is 9.17. The van der Waals surface area contributed by atoms with Gasteiger partial charge in [-0.05, 0) is 50.8 Å². The Morgan fingerprint density at radius 3 is 2.79 bits per heavy atom. The monoisotopic (exact) mass is 285 g/mol. The number of hydrogen-bond acceptors (Lipinski definition) is 2. The van der Waals surface area contributed by atoms with Gasteiger partial charge >= 0.3 is 0 Å². The Kier molecular flexibility index (Phi) is 5.20. The summed E-state index contributed by atoms with van der Waals surface area (Å²) in [5, 5.41) is 3.46. The molecule has 0 heterocycles. The predicted molar refractivity (Wildman–Crippen MR) is 76.1 cm³/mol. The van der Waals surface area contributed by atoms with Crippen molar-refractivity contribution in [2.45, 2.75) is 38.3 Å². The van der Waals surface area contributed by atoms with E-state index in [1.165, 1.54) is 12.8 Å². The van der Waals surface area contributed by atoms with E-state index in [-0.39, 0.29) is 23.0 Å². The van der Waals surface area contributed by atoms with Gasteiger partial charge in [-0.2, -0.15) is 0 Å². The molecule has 2 atom stereocenters. The van der Waals surface area contributed by atoms with Crippen LogP contribution < -0.4 is 5.32 Å².